The molecule has 176 valence electrons. The molecule has 5 rings (SSSR count). The third-order valence-electron chi connectivity index (χ3n) is 6.37. The minimum absolute atomic E-state index is 0.130. The van der Waals surface area contributed by atoms with E-state index in [4.69, 9.17) is 0 Å². The van der Waals surface area contributed by atoms with Crippen LogP contribution in [0.25, 0.3) is 6.08 Å². The number of hydrogen-bond acceptors (Lipinski definition) is 5. The van der Waals surface area contributed by atoms with Gasteiger partial charge in [0.05, 0.1) is 16.3 Å². The van der Waals surface area contributed by atoms with Gasteiger partial charge in [-0.05, 0) is 60.9 Å². The molecule has 0 radical (unpaired) electrons. The first-order chi connectivity index (χ1) is 16.2. The highest BCUT2D eigenvalue weighted by molar-refractivity contribution is 7.89. The average Bonchev–Trinajstić information content (AvgIpc) is 2.83. The molecule has 0 aliphatic carbocycles. The van der Waals surface area contributed by atoms with Gasteiger partial charge in [-0.2, -0.15) is 4.31 Å². The van der Waals surface area contributed by atoms with E-state index in [1.54, 1.807) is 67.0 Å². The molecule has 0 fully saturated rings. The Hall–Kier alpha value is -3.01. The Balaban J connectivity index is 1.48. The van der Waals surface area contributed by atoms with Crippen molar-refractivity contribution in [1.29, 1.82) is 0 Å². The molecular formula is C25H25N3O4S2. The quantitative estimate of drug-likeness (QED) is 0.552. The number of aromatic nitrogens is 1. The second-order valence-electron chi connectivity index (χ2n) is 8.70. The maximum Gasteiger partial charge on any atom is 0.264 e. The van der Waals surface area contributed by atoms with Gasteiger partial charge < -0.3 is 0 Å². The van der Waals surface area contributed by atoms with E-state index in [9.17, 15) is 16.8 Å². The molecule has 0 saturated carbocycles. The van der Waals surface area contributed by atoms with Gasteiger partial charge in [0.15, 0.2) is 0 Å². The van der Waals surface area contributed by atoms with E-state index in [1.807, 2.05) is 13.8 Å². The molecule has 2 aliphatic rings. The van der Waals surface area contributed by atoms with E-state index < -0.39 is 20.0 Å². The Morgan fingerprint density at radius 1 is 0.765 bits per heavy atom. The number of pyridine rings is 1. The van der Waals surface area contributed by atoms with Gasteiger partial charge in [-0.3, -0.25) is 9.29 Å². The molecule has 0 N–H and O–H groups in total. The molecular weight excluding hydrogens is 470 g/mol. The van der Waals surface area contributed by atoms with E-state index in [-0.39, 0.29) is 22.9 Å². The fraction of sp³-hybridized carbons (Fsp3) is 0.240. The van der Waals surface area contributed by atoms with Crippen molar-refractivity contribution in [2.45, 2.75) is 43.1 Å². The summed E-state index contributed by atoms with van der Waals surface area (Å²) in [5, 5.41) is 0. The van der Waals surface area contributed by atoms with Crippen LogP contribution in [0.5, 0.6) is 0 Å². The molecule has 0 spiro atoms. The second kappa shape index (κ2) is 8.33. The second-order valence-corrected chi connectivity index (χ2v) is 12.5. The molecule has 0 amide bonds. The maximum absolute atomic E-state index is 13.3. The van der Waals surface area contributed by atoms with Crippen LogP contribution in [0.1, 0.15) is 33.5 Å². The molecule has 0 atom stereocenters. The van der Waals surface area contributed by atoms with Crippen LogP contribution in [-0.4, -0.2) is 37.0 Å². The molecule has 34 heavy (non-hydrogen) atoms. The van der Waals surface area contributed by atoms with Gasteiger partial charge in [0.1, 0.15) is 0 Å². The van der Waals surface area contributed by atoms with E-state index in [2.05, 4.69) is 4.98 Å². The zero-order chi connectivity index (χ0) is 24.1. The monoisotopic (exact) mass is 495 g/mol. The molecule has 0 saturated heterocycles. The van der Waals surface area contributed by atoms with Crippen LogP contribution in [-0.2, 0) is 39.6 Å². The lowest BCUT2D eigenvalue weighted by Crippen LogP contribution is -2.38. The number of fused-ring (bicyclic) bond motifs is 3. The molecule has 0 unspecified atom stereocenters. The van der Waals surface area contributed by atoms with Crippen molar-refractivity contribution in [3.05, 3.63) is 94.4 Å². The summed E-state index contributed by atoms with van der Waals surface area (Å²) in [5.41, 5.74) is 5.18. The Morgan fingerprint density at radius 2 is 1.35 bits per heavy atom. The summed E-state index contributed by atoms with van der Waals surface area (Å²) in [6, 6.07) is 13.6. The summed E-state index contributed by atoms with van der Waals surface area (Å²) in [4.78, 5) is 5.02. The third kappa shape index (κ3) is 3.93. The zero-order valence-electron chi connectivity index (χ0n) is 19.0. The molecule has 9 heteroatoms. The Morgan fingerprint density at radius 3 is 1.97 bits per heavy atom. The fourth-order valence-electron chi connectivity index (χ4n) is 4.32. The zero-order valence-corrected chi connectivity index (χ0v) is 20.6. The highest BCUT2D eigenvalue weighted by Crippen LogP contribution is 2.33. The normalized spacial score (nSPS) is 16.2. The molecule has 2 aromatic carbocycles. The van der Waals surface area contributed by atoms with Crippen LogP contribution in [0.2, 0.25) is 0 Å². The first kappa shape index (κ1) is 22.8. The standard InChI is InChI=1S/C25H25N3O4S2/c1-18-3-7-21(8-4-18)33(29,30)27-13-11-20-15-26-25-12-14-28(17-24(25)23(20)16-27)34(31,32)22-9-5-19(2)6-10-22/h3-11,13,15H,12,14,16-17H2,1-2H3. The average molecular weight is 496 g/mol. The number of aryl methyl sites for hydroxylation is 2. The van der Waals surface area contributed by atoms with Gasteiger partial charge in [-0.1, -0.05) is 35.4 Å². The molecule has 1 aromatic heterocycles. The molecule has 7 nitrogen and oxygen atoms in total. The number of benzene rings is 2. The van der Waals surface area contributed by atoms with Crippen LogP contribution >= 0.6 is 0 Å². The largest absolute Gasteiger partial charge is 0.269 e. The van der Waals surface area contributed by atoms with Gasteiger partial charge in [0, 0.05) is 37.6 Å². The summed E-state index contributed by atoms with van der Waals surface area (Å²) in [5.74, 6) is 0. The molecule has 2 aliphatic heterocycles. The van der Waals surface area contributed by atoms with Crippen LogP contribution in [0.15, 0.2) is 70.7 Å². The predicted octanol–water partition coefficient (Wildman–Crippen LogP) is 3.62. The minimum Gasteiger partial charge on any atom is -0.269 e. The van der Waals surface area contributed by atoms with Gasteiger partial charge in [-0.25, -0.2) is 16.8 Å². The molecule has 0 bridgehead atoms. The number of rotatable bonds is 4. The van der Waals surface area contributed by atoms with Gasteiger partial charge >= 0.3 is 0 Å². The van der Waals surface area contributed by atoms with Gasteiger partial charge in [-0.15, -0.1) is 0 Å². The van der Waals surface area contributed by atoms with Gasteiger partial charge in [0.2, 0.25) is 10.0 Å². The van der Waals surface area contributed by atoms with E-state index >= 15 is 0 Å². The van der Waals surface area contributed by atoms with Crippen molar-refractivity contribution in [1.82, 2.24) is 13.6 Å². The van der Waals surface area contributed by atoms with Crippen LogP contribution in [0.3, 0.4) is 0 Å². The smallest absolute Gasteiger partial charge is 0.264 e. The first-order valence-electron chi connectivity index (χ1n) is 11.0. The SMILES string of the molecule is Cc1ccc(S(=O)(=O)N2C=Cc3cnc4c(c3C2)CN(S(=O)(=O)c2ccc(C)cc2)CC4)cc1. The predicted molar refractivity (Wildman–Crippen MR) is 130 cm³/mol. The maximum atomic E-state index is 13.3. The summed E-state index contributed by atoms with van der Waals surface area (Å²) < 4.78 is 55.9. The minimum atomic E-state index is -3.74. The lowest BCUT2D eigenvalue weighted by Gasteiger charge is -2.32. The van der Waals surface area contributed by atoms with Crippen molar-refractivity contribution < 1.29 is 16.8 Å². The Kier molecular flexibility index (Phi) is 5.58. The van der Waals surface area contributed by atoms with Crippen molar-refractivity contribution in [3.63, 3.8) is 0 Å². The Labute approximate surface area is 200 Å². The van der Waals surface area contributed by atoms with Crippen molar-refractivity contribution >= 4 is 26.1 Å². The fourth-order valence-corrected chi connectivity index (χ4v) is 7.00. The summed E-state index contributed by atoms with van der Waals surface area (Å²) >= 11 is 0. The van der Waals surface area contributed by atoms with Crippen LogP contribution < -0.4 is 0 Å². The number of sulfonamides is 2. The van der Waals surface area contributed by atoms with Crippen molar-refractivity contribution in [3.8, 4) is 0 Å². The molecule has 3 heterocycles. The molecule has 3 aromatic rings. The van der Waals surface area contributed by atoms with E-state index in [0.29, 0.717) is 13.0 Å². The van der Waals surface area contributed by atoms with E-state index in [0.717, 1.165) is 33.5 Å². The van der Waals surface area contributed by atoms with Crippen molar-refractivity contribution in [2.24, 2.45) is 0 Å². The first-order valence-corrected chi connectivity index (χ1v) is 13.9. The third-order valence-corrected chi connectivity index (χ3v) is 9.97. The van der Waals surface area contributed by atoms with E-state index in [1.165, 1.54) is 8.61 Å². The van der Waals surface area contributed by atoms with Crippen molar-refractivity contribution in [2.75, 3.05) is 6.54 Å². The number of nitrogens with zero attached hydrogens (tertiary/aromatic N) is 3. The summed E-state index contributed by atoms with van der Waals surface area (Å²) in [7, 11) is -7.42. The van der Waals surface area contributed by atoms with Gasteiger partial charge in [0.25, 0.3) is 10.0 Å². The lowest BCUT2D eigenvalue weighted by molar-refractivity contribution is 0.383. The summed E-state index contributed by atoms with van der Waals surface area (Å²) in [6.07, 6.45) is 5.49. The highest BCUT2D eigenvalue weighted by Gasteiger charge is 2.33. The number of hydrogen-bond donors (Lipinski definition) is 0. The van der Waals surface area contributed by atoms with Crippen LogP contribution in [0.4, 0.5) is 0 Å². The topological polar surface area (TPSA) is 87.7 Å². The highest BCUT2D eigenvalue weighted by atomic mass is 32.2. The van der Waals surface area contributed by atoms with Crippen LogP contribution in [0, 0.1) is 13.8 Å². The Bertz CT molecular complexity index is 1490. The summed E-state index contributed by atoms with van der Waals surface area (Å²) in [6.45, 7) is 4.44. The lowest BCUT2D eigenvalue weighted by atomic mass is 9.96.